The molecule has 104 valence electrons. The molecule has 17 heavy (non-hydrogen) atoms. The predicted octanol–water partition coefficient (Wildman–Crippen LogP) is 6.30. The first-order valence-electron chi connectivity index (χ1n) is 8.04. The molecule has 0 aromatic rings. The van der Waals surface area contributed by atoms with E-state index in [4.69, 9.17) is 0 Å². The maximum atomic E-state index is 2.46. The van der Waals surface area contributed by atoms with Gasteiger partial charge in [0.05, 0.1) is 0 Å². The molecule has 0 nitrogen and oxygen atoms in total. The van der Waals surface area contributed by atoms with Gasteiger partial charge in [-0.3, -0.25) is 0 Å². The molecule has 4 unspecified atom stereocenters. The molecule has 0 spiro atoms. The first-order valence-corrected chi connectivity index (χ1v) is 8.04. The lowest BCUT2D eigenvalue weighted by Crippen LogP contribution is -2.12. The second-order valence-electron chi connectivity index (χ2n) is 6.34. The van der Waals surface area contributed by atoms with Crippen LogP contribution in [-0.2, 0) is 0 Å². The van der Waals surface area contributed by atoms with Crippen LogP contribution in [0.1, 0.15) is 86.5 Å². The van der Waals surface area contributed by atoms with Gasteiger partial charge in [-0.15, -0.1) is 0 Å². The molecule has 0 saturated carbocycles. The smallest absolute Gasteiger partial charge is 0.0415 e. The van der Waals surface area contributed by atoms with Gasteiger partial charge in [0.1, 0.15) is 0 Å². The summed E-state index contributed by atoms with van der Waals surface area (Å²) in [5.74, 6) is 3.71. The summed E-state index contributed by atoms with van der Waals surface area (Å²) in [6.45, 7) is 14.3. The van der Waals surface area contributed by atoms with Crippen LogP contribution in [-0.4, -0.2) is 0 Å². The Morgan fingerprint density at radius 1 is 0.706 bits per heavy atom. The zero-order valence-corrected chi connectivity index (χ0v) is 13.3. The van der Waals surface area contributed by atoms with Crippen LogP contribution < -0.4 is 0 Å². The molecule has 0 rings (SSSR count). The maximum absolute atomic E-state index is 2.46. The van der Waals surface area contributed by atoms with Gasteiger partial charge in [0, 0.05) is 0 Å². The summed E-state index contributed by atoms with van der Waals surface area (Å²) < 4.78 is 0. The highest BCUT2D eigenvalue weighted by Gasteiger charge is 2.15. The first kappa shape index (κ1) is 17.0. The molecule has 0 heteroatoms. The zero-order chi connectivity index (χ0) is 13.3. The van der Waals surface area contributed by atoms with Crippen LogP contribution in [0, 0.1) is 23.7 Å². The molecule has 0 aromatic heterocycles. The second kappa shape index (κ2) is 9.97. The molecular formula is C17H36. The van der Waals surface area contributed by atoms with Crippen molar-refractivity contribution in [3.63, 3.8) is 0 Å². The van der Waals surface area contributed by atoms with Gasteiger partial charge in [-0.2, -0.15) is 0 Å². The van der Waals surface area contributed by atoms with Crippen molar-refractivity contribution in [3.05, 3.63) is 0 Å². The highest BCUT2D eigenvalue weighted by molar-refractivity contribution is 4.66. The molecule has 0 aromatic carbocycles. The van der Waals surface area contributed by atoms with Gasteiger partial charge in [0.25, 0.3) is 0 Å². The van der Waals surface area contributed by atoms with Crippen LogP contribution in [0.2, 0.25) is 0 Å². The Labute approximate surface area is 111 Å². The lowest BCUT2D eigenvalue weighted by Gasteiger charge is -2.23. The third kappa shape index (κ3) is 7.84. The van der Waals surface area contributed by atoms with Crippen molar-refractivity contribution in [3.8, 4) is 0 Å². The highest BCUT2D eigenvalue weighted by Crippen LogP contribution is 2.27. The van der Waals surface area contributed by atoms with Gasteiger partial charge in [0.15, 0.2) is 0 Å². The van der Waals surface area contributed by atoms with Gasteiger partial charge in [-0.25, -0.2) is 0 Å². The van der Waals surface area contributed by atoms with Crippen LogP contribution in [0.3, 0.4) is 0 Å². The maximum Gasteiger partial charge on any atom is -0.0415 e. The lowest BCUT2D eigenvalue weighted by molar-refractivity contribution is 0.281. The Hall–Kier alpha value is 0. The molecule has 0 N–H and O–H groups in total. The summed E-state index contributed by atoms with van der Waals surface area (Å²) in [7, 11) is 0. The molecule has 0 aliphatic rings. The quantitative estimate of drug-likeness (QED) is 0.420. The molecule has 0 heterocycles. The SMILES string of the molecule is CCCC(CC)CCC(C)CC(C)C(C)CC. The summed E-state index contributed by atoms with van der Waals surface area (Å²) in [6.07, 6.45) is 9.83. The van der Waals surface area contributed by atoms with E-state index in [2.05, 4.69) is 41.5 Å². The summed E-state index contributed by atoms with van der Waals surface area (Å²) in [6, 6.07) is 0. The summed E-state index contributed by atoms with van der Waals surface area (Å²) >= 11 is 0. The zero-order valence-electron chi connectivity index (χ0n) is 13.3. The van der Waals surface area contributed by atoms with Gasteiger partial charge < -0.3 is 0 Å². The minimum absolute atomic E-state index is 0.898. The third-order valence-electron chi connectivity index (χ3n) is 4.73. The highest BCUT2D eigenvalue weighted by atomic mass is 14.2. The minimum atomic E-state index is 0.898. The summed E-state index contributed by atoms with van der Waals surface area (Å²) in [4.78, 5) is 0. The van der Waals surface area contributed by atoms with E-state index in [1.54, 1.807) is 0 Å². The topological polar surface area (TPSA) is 0 Å². The predicted molar refractivity (Wildman–Crippen MR) is 80.3 cm³/mol. The molecular weight excluding hydrogens is 204 g/mol. The van der Waals surface area contributed by atoms with Crippen LogP contribution in [0.25, 0.3) is 0 Å². The third-order valence-corrected chi connectivity index (χ3v) is 4.73. The van der Waals surface area contributed by atoms with Crippen LogP contribution in [0.15, 0.2) is 0 Å². The number of rotatable bonds is 10. The Morgan fingerprint density at radius 2 is 1.35 bits per heavy atom. The van der Waals surface area contributed by atoms with E-state index < -0.39 is 0 Å². The Morgan fingerprint density at radius 3 is 1.82 bits per heavy atom. The van der Waals surface area contributed by atoms with Gasteiger partial charge in [-0.05, 0) is 30.1 Å². The van der Waals surface area contributed by atoms with Crippen molar-refractivity contribution < 1.29 is 0 Å². The van der Waals surface area contributed by atoms with E-state index in [0.717, 1.165) is 23.7 Å². The van der Waals surface area contributed by atoms with Crippen molar-refractivity contribution >= 4 is 0 Å². The number of hydrogen-bond donors (Lipinski definition) is 0. The molecule has 0 saturated heterocycles. The van der Waals surface area contributed by atoms with E-state index in [-0.39, 0.29) is 0 Å². The molecule has 0 aliphatic carbocycles. The van der Waals surface area contributed by atoms with Crippen molar-refractivity contribution in [1.29, 1.82) is 0 Å². The average molecular weight is 240 g/mol. The molecule has 0 radical (unpaired) electrons. The largest absolute Gasteiger partial charge is 0.0654 e. The van der Waals surface area contributed by atoms with Gasteiger partial charge in [-0.1, -0.05) is 80.1 Å². The Balaban J connectivity index is 3.81. The van der Waals surface area contributed by atoms with Crippen molar-refractivity contribution in [2.75, 3.05) is 0 Å². The Kier molecular flexibility index (Phi) is 9.97. The van der Waals surface area contributed by atoms with Crippen LogP contribution >= 0.6 is 0 Å². The minimum Gasteiger partial charge on any atom is -0.0654 e. The van der Waals surface area contributed by atoms with E-state index in [0.29, 0.717) is 0 Å². The fraction of sp³-hybridized carbons (Fsp3) is 1.00. The molecule has 0 bridgehead atoms. The molecule has 4 atom stereocenters. The fourth-order valence-electron chi connectivity index (χ4n) is 2.87. The van der Waals surface area contributed by atoms with Crippen molar-refractivity contribution in [2.45, 2.75) is 86.5 Å². The van der Waals surface area contributed by atoms with E-state index in [1.807, 2.05) is 0 Å². The fourth-order valence-corrected chi connectivity index (χ4v) is 2.87. The standard InChI is InChI=1S/C17H36/c1-7-10-17(9-3)12-11-14(4)13-16(6)15(5)8-2/h14-17H,7-13H2,1-6H3. The monoisotopic (exact) mass is 240 g/mol. The van der Waals surface area contributed by atoms with Gasteiger partial charge in [0.2, 0.25) is 0 Å². The molecule has 0 amide bonds. The van der Waals surface area contributed by atoms with E-state index in [9.17, 15) is 0 Å². The Bertz CT molecular complexity index is 161. The average Bonchev–Trinajstić information content (AvgIpc) is 2.33. The summed E-state index contributed by atoms with van der Waals surface area (Å²) in [5, 5.41) is 0. The molecule has 0 aliphatic heterocycles. The van der Waals surface area contributed by atoms with E-state index in [1.165, 1.54) is 44.9 Å². The first-order chi connectivity index (χ1) is 8.04. The molecule has 0 fully saturated rings. The summed E-state index contributed by atoms with van der Waals surface area (Å²) in [5.41, 5.74) is 0. The van der Waals surface area contributed by atoms with Crippen LogP contribution in [0.5, 0.6) is 0 Å². The lowest BCUT2D eigenvalue weighted by atomic mass is 9.83. The number of hydrogen-bond acceptors (Lipinski definition) is 0. The van der Waals surface area contributed by atoms with Gasteiger partial charge >= 0.3 is 0 Å². The van der Waals surface area contributed by atoms with Crippen molar-refractivity contribution in [2.24, 2.45) is 23.7 Å². The van der Waals surface area contributed by atoms with Crippen molar-refractivity contribution in [1.82, 2.24) is 0 Å². The normalized spacial score (nSPS) is 18.7. The van der Waals surface area contributed by atoms with Crippen LogP contribution in [0.4, 0.5) is 0 Å². The van der Waals surface area contributed by atoms with E-state index >= 15 is 0 Å². The second-order valence-corrected chi connectivity index (χ2v) is 6.34.